The lowest BCUT2D eigenvalue weighted by Crippen LogP contribution is -2.04. The number of rotatable bonds is 4. The van der Waals surface area contributed by atoms with E-state index in [1.807, 2.05) is 6.07 Å². The summed E-state index contributed by atoms with van der Waals surface area (Å²) in [6.45, 7) is 3.01. The second-order valence-electron chi connectivity index (χ2n) is 7.33. The summed E-state index contributed by atoms with van der Waals surface area (Å²) in [6.07, 6.45) is 0. The number of hydrogen-bond acceptors (Lipinski definition) is 1. The molecule has 0 bridgehead atoms. The van der Waals surface area contributed by atoms with Crippen LogP contribution in [0.4, 0.5) is 0 Å². The highest BCUT2D eigenvalue weighted by Gasteiger charge is 2.14. The molecule has 0 radical (unpaired) electrons. The van der Waals surface area contributed by atoms with Gasteiger partial charge in [0.15, 0.2) is 0 Å². The predicted octanol–water partition coefficient (Wildman–Crippen LogP) is 6.73. The first-order chi connectivity index (χ1) is 14.3. The third-order valence-electron chi connectivity index (χ3n) is 5.55. The Kier molecular flexibility index (Phi) is 4.45. The maximum atomic E-state index is 4.95. The van der Waals surface area contributed by atoms with Crippen molar-refractivity contribution in [2.24, 2.45) is 0 Å². The minimum absolute atomic E-state index is 0.789. The standard InChI is InChI=1S/C27H22N2/c1-20-23(15-10-16-24(20)21-11-4-2-5-12-21)19-29-26-18-9-8-17-25(26)28-27(29)22-13-6-3-7-14-22/h2-18H,19H2,1H3. The Bertz CT molecular complexity index is 1270. The maximum Gasteiger partial charge on any atom is 0.141 e. The number of nitrogens with zero attached hydrogens (tertiary/aromatic N) is 2. The van der Waals surface area contributed by atoms with Gasteiger partial charge < -0.3 is 4.57 Å². The van der Waals surface area contributed by atoms with Gasteiger partial charge in [-0.1, -0.05) is 91.0 Å². The fraction of sp³-hybridized carbons (Fsp3) is 0.0741. The molecule has 0 aliphatic rings. The number of hydrogen-bond donors (Lipinski definition) is 0. The highest BCUT2D eigenvalue weighted by Crippen LogP contribution is 2.29. The van der Waals surface area contributed by atoms with Crippen LogP contribution in [0.1, 0.15) is 11.1 Å². The minimum Gasteiger partial charge on any atom is -0.319 e. The number of aromatic nitrogens is 2. The van der Waals surface area contributed by atoms with Gasteiger partial charge in [-0.2, -0.15) is 0 Å². The van der Waals surface area contributed by atoms with E-state index in [0.29, 0.717) is 0 Å². The Morgan fingerprint density at radius 2 is 1.31 bits per heavy atom. The average molecular weight is 374 g/mol. The van der Waals surface area contributed by atoms with Crippen LogP contribution in [0.5, 0.6) is 0 Å². The molecule has 0 amide bonds. The van der Waals surface area contributed by atoms with Crippen molar-refractivity contribution in [3.05, 3.63) is 114 Å². The lowest BCUT2D eigenvalue weighted by Gasteiger charge is -2.15. The molecule has 0 saturated carbocycles. The number of benzene rings is 4. The molecule has 0 unspecified atom stereocenters. The molecule has 0 aliphatic carbocycles. The normalized spacial score (nSPS) is 11.1. The molecule has 0 saturated heterocycles. The van der Waals surface area contributed by atoms with Crippen LogP contribution in [0.2, 0.25) is 0 Å². The quantitative estimate of drug-likeness (QED) is 0.341. The summed E-state index contributed by atoms with van der Waals surface area (Å²) in [4.78, 5) is 4.95. The van der Waals surface area contributed by atoms with E-state index in [1.165, 1.54) is 22.3 Å². The zero-order valence-electron chi connectivity index (χ0n) is 16.4. The zero-order chi connectivity index (χ0) is 19.6. The Morgan fingerprint density at radius 1 is 0.655 bits per heavy atom. The van der Waals surface area contributed by atoms with Crippen LogP contribution in [-0.4, -0.2) is 9.55 Å². The molecule has 0 fully saturated rings. The highest BCUT2D eigenvalue weighted by atomic mass is 15.1. The van der Waals surface area contributed by atoms with E-state index in [2.05, 4.69) is 109 Å². The largest absolute Gasteiger partial charge is 0.319 e. The van der Waals surface area contributed by atoms with E-state index in [0.717, 1.165) is 29.0 Å². The predicted molar refractivity (Wildman–Crippen MR) is 121 cm³/mol. The molecular weight excluding hydrogens is 352 g/mol. The smallest absolute Gasteiger partial charge is 0.141 e. The first kappa shape index (κ1) is 17.4. The molecule has 1 heterocycles. The van der Waals surface area contributed by atoms with Crippen molar-refractivity contribution in [2.45, 2.75) is 13.5 Å². The van der Waals surface area contributed by atoms with E-state index >= 15 is 0 Å². The SMILES string of the molecule is Cc1c(Cn2c(-c3ccccc3)nc3ccccc32)cccc1-c1ccccc1. The molecule has 29 heavy (non-hydrogen) atoms. The first-order valence-corrected chi connectivity index (χ1v) is 9.96. The fourth-order valence-electron chi connectivity index (χ4n) is 4.00. The van der Waals surface area contributed by atoms with Crippen LogP contribution in [0.25, 0.3) is 33.5 Å². The molecule has 0 N–H and O–H groups in total. The molecule has 2 heteroatoms. The molecular formula is C27H22N2. The summed E-state index contributed by atoms with van der Waals surface area (Å²) in [6, 6.07) is 36.0. The van der Waals surface area contributed by atoms with E-state index in [9.17, 15) is 0 Å². The van der Waals surface area contributed by atoms with Crippen molar-refractivity contribution in [1.29, 1.82) is 0 Å². The van der Waals surface area contributed by atoms with Gasteiger partial charge in [-0.3, -0.25) is 0 Å². The van der Waals surface area contributed by atoms with E-state index in [4.69, 9.17) is 4.98 Å². The molecule has 5 aromatic rings. The fourth-order valence-corrected chi connectivity index (χ4v) is 4.00. The summed E-state index contributed by atoms with van der Waals surface area (Å²) in [5, 5.41) is 0. The van der Waals surface area contributed by atoms with Crippen molar-refractivity contribution in [3.8, 4) is 22.5 Å². The molecule has 4 aromatic carbocycles. The van der Waals surface area contributed by atoms with Gasteiger partial charge in [-0.25, -0.2) is 4.98 Å². The Labute approximate surface area is 171 Å². The van der Waals surface area contributed by atoms with Gasteiger partial charge in [0.05, 0.1) is 11.0 Å². The van der Waals surface area contributed by atoms with Gasteiger partial charge in [-0.15, -0.1) is 0 Å². The van der Waals surface area contributed by atoms with Gasteiger partial charge in [-0.05, 0) is 41.3 Å². The summed E-state index contributed by atoms with van der Waals surface area (Å²) in [7, 11) is 0. The molecule has 140 valence electrons. The molecule has 0 atom stereocenters. The van der Waals surface area contributed by atoms with Gasteiger partial charge in [0.1, 0.15) is 5.82 Å². The number of para-hydroxylation sites is 2. The first-order valence-electron chi connectivity index (χ1n) is 9.96. The van der Waals surface area contributed by atoms with Crippen molar-refractivity contribution in [1.82, 2.24) is 9.55 Å². The van der Waals surface area contributed by atoms with E-state index in [1.54, 1.807) is 0 Å². The summed E-state index contributed by atoms with van der Waals surface area (Å²) < 4.78 is 2.34. The lowest BCUT2D eigenvalue weighted by molar-refractivity contribution is 0.828. The Morgan fingerprint density at radius 3 is 2.07 bits per heavy atom. The number of fused-ring (bicyclic) bond motifs is 1. The van der Waals surface area contributed by atoms with Crippen molar-refractivity contribution < 1.29 is 0 Å². The molecule has 0 spiro atoms. The van der Waals surface area contributed by atoms with Gasteiger partial charge >= 0.3 is 0 Å². The van der Waals surface area contributed by atoms with Crippen LogP contribution >= 0.6 is 0 Å². The van der Waals surface area contributed by atoms with Crippen LogP contribution in [0.3, 0.4) is 0 Å². The van der Waals surface area contributed by atoms with Crippen molar-refractivity contribution in [2.75, 3.05) is 0 Å². The molecule has 1 aromatic heterocycles. The summed E-state index contributed by atoms with van der Waals surface area (Å²) in [5.41, 5.74) is 8.50. The number of imidazole rings is 1. The van der Waals surface area contributed by atoms with E-state index in [-0.39, 0.29) is 0 Å². The van der Waals surface area contributed by atoms with E-state index < -0.39 is 0 Å². The molecule has 5 rings (SSSR count). The molecule has 2 nitrogen and oxygen atoms in total. The average Bonchev–Trinajstić information content (AvgIpc) is 3.15. The second kappa shape index (κ2) is 7.40. The monoisotopic (exact) mass is 374 g/mol. The maximum absolute atomic E-state index is 4.95. The van der Waals surface area contributed by atoms with Crippen molar-refractivity contribution in [3.63, 3.8) is 0 Å². The topological polar surface area (TPSA) is 17.8 Å². The third kappa shape index (κ3) is 3.23. The highest BCUT2D eigenvalue weighted by molar-refractivity contribution is 5.81. The van der Waals surface area contributed by atoms with Crippen LogP contribution in [0, 0.1) is 6.92 Å². The van der Waals surface area contributed by atoms with Gasteiger partial charge in [0.2, 0.25) is 0 Å². The van der Waals surface area contributed by atoms with Crippen LogP contribution in [-0.2, 0) is 6.54 Å². The van der Waals surface area contributed by atoms with Crippen LogP contribution in [0.15, 0.2) is 103 Å². The second-order valence-corrected chi connectivity index (χ2v) is 7.33. The summed E-state index contributed by atoms with van der Waals surface area (Å²) in [5.74, 6) is 1.01. The van der Waals surface area contributed by atoms with Gasteiger partial charge in [0, 0.05) is 12.1 Å². The van der Waals surface area contributed by atoms with Crippen molar-refractivity contribution >= 4 is 11.0 Å². The Hall–Kier alpha value is -3.65. The van der Waals surface area contributed by atoms with Crippen LogP contribution < -0.4 is 0 Å². The summed E-state index contributed by atoms with van der Waals surface area (Å²) >= 11 is 0. The zero-order valence-corrected chi connectivity index (χ0v) is 16.4. The van der Waals surface area contributed by atoms with Gasteiger partial charge in [0.25, 0.3) is 0 Å². The Balaban J connectivity index is 1.65. The molecule has 0 aliphatic heterocycles. The lowest BCUT2D eigenvalue weighted by atomic mass is 9.96. The third-order valence-corrected chi connectivity index (χ3v) is 5.55. The minimum atomic E-state index is 0.789.